The van der Waals surface area contributed by atoms with Gasteiger partial charge < -0.3 is 15.8 Å². The molecule has 0 saturated heterocycles. The highest BCUT2D eigenvalue weighted by Gasteiger charge is 2.31. The Balaban J connectivity index is 1.85. The van der Waals surface area contributed by atoms with Gasteiger partial charge in [-0.3, -0.25) is 4.79 Å². The molecule has 1 amide bonds. The van der Waals surface area contributed by atoms with E-state index in [9.17, 15) is 18.0 Å². The predicted octanol–water partition coefficient (Wildman–Crippen LogP) is 3.98. The normalized spacial score (nSPS) is 12.4. The molecule has 1 unspecified atom stereocenters. The van der Waals surface area contributed by atoms with Gasteiger partial charge in [-0.15, -0.1) is 23.4 Å². The fraction of sp³-hybridized carbons (Fsp3) is 0.250. The standard InChI is InChI=1S/C20H19F3N4O2S/c1-12(28)25-17(9-13-4-2-5-14(8-13)11-24)19-27-26-18(30-19)15-6-3-7-16(10-15)29-20(21,22)23/h2-8,10,17H,9,11,24H2,1H3,(H,25,28). The molecule has 10 heteroatoms. The van der Waals surface area contributed by atoms with Crippen LogP contribution < -0.4 is 15.8 Å². The summed E-state index contributed by atoms with van der Waals surface area (Å²) in [6, 6.07) is 12.8. The number of nitrogens with zero attached hydrogens (tertiary/aromatic N) is 2. The number of hydrogen-bond acceptors (Lipinski definition) is 6. The minimum atomic E-state index is -4.78. The number of nitrogens with one attached hydrogen (secondary N) is 1. The molecule has 0 radical (unpaired) electrons. The summed E-state index contributed by atoms with van der Waals surface area (Å²) >= 11 is 1.19. The second kappa shape index (κ2) is 9.23. The van der Waals surface area contributed by atoms with Crippen LogP contribution in [0.15, 0.2) is 48.5 Å². The molecule has 1 atom stereocenters. The molecule has 0 aliphatic carbocycles. The molecule has 3 aromatic rings. The van der Waals surface area contributed by atoms with Crippen LogP contribution in [0.5, 0.6) is 5.75 Å². The Hall–Kier alpha value is -2.98. The lowest BCUT2D eigenvalue weighted by molar-refractivity contribution is -0.274. The molecule has 2 aromatic carbocycles. The summed E-state index contributed by atoms with van der Waals surface area (Å²) in [5, 5.41) is 12.1. The summed E-state index contributed by atoms with van der Waals surface area (Å²) < 4.78 is 41.4. The highest BCUT2D eigenvalue weighted by molar-refractivity contribution is 7.14. The third-order valence-corrected chi connectivity index (χ3v) is 5.18. The van der Waals surface area contributed by atoms with E-state index in [2.05, 4.69) is 20.3 Å². The maximum atomic E-state index is 12.5. The molecular formula is C20H19F3N4O2S. The van der Waals surface area contributed by atoms with Gasteiger partial charge in [-0.2, -0.15) is 0 Å². The van der Waals surface area contributed by atoms with Crippen molar-refractivity contribution in [1.82, 2.24) is 15.5 Å². The maximum Gasteiger partial charge on any atom is 0.573 e. The van der Waals surface area contributed by atoms with E-state index in [1.54, 1.807) is 6.07 Å². The number of carbonyl (C=O) groups excluding carboxylic acids is 1. The lowest BCUT2D eigenvalue weighted by atomic mass is 10.0. The molecular weight excluding hydrogens is 417 g/mol. The molecule has 3 rings (SSSR count). The molecule has 3 N–H and O–H groups in total. The Bertz CT molecular complexity index is 1020. The average molecular weight is 436 g/mol. The van der Waals surface area contributed by atoms with E-state index < -0.39 is 12.4 Å². The fourth-order valence-electron chi connectivity index (χ4n) is 2.88. The zero-order chi connectivity index (χ0) is 21.7. The van der Waals surface area contributed by atoms with E-state index in [0.717, 1.165) is 11.1 Å². The maximum absolute atomic E-state index is 12.5. The number of aromatic nitrogens is 2. The average Bonchev–Trinajstić information content (AvgIpc) is 3.16. The predicted molar refractivity (Wildman–Crippen MR) is 107 cm³/mol. The number of amides is 1. The number of halogens is 3. The van der Waals surface area contributed by atoms with Crippen LogP contribution in [0.1, 0.15) is 29.1 Å². The van der Waals surface area contributed by atoms with Crippen LogP contribution in [0, 0.1) is 0 Å². The summed E-state index contributed by atoms with van der Waals surface area (Å²) in [5.41, 5.74) is 8.06. The zero-order valence-corrected chi connectivity index (χ0v) is 16.8. The molecule has 0 aliphatic heterocycles. The van der Waals surface area contributed by atoms with Gasteiger partial charge >= 0.3 is 6.36 Å². The third kappa shape index (κ3) is 6.01. The van der Waals surface area contributed by atoms with Crippen LogP contribution >= 0.6 is 11.3 Å². The molecule has 30 heavy (non-hydrogen) atoms. The molecule has 158 valence electrons. The number of benzene rings is 2. The Morgan fingerprint density at radius 1 is 1.17 bits per heavy atom. The van der Waals surface area contributed by atoms with Gasteiger partial charge in [0.15, 0.2) is 0 Å². The minimum absolute atomic E-state index is 0.229. The molecule has 0 saturated carbocycles. The van der Waals surface area contributed by atoms with Gasteiger partial charge in [-0.1, -0.05) is 47.7 Å². The molecule has 0 spiro atoms. The van der Waals surface area contributed by atoms with Gasteiger partial charge in [0.1, 0.15) is 15.8 Å². The highest BCUT2D eigenvalue weighted by atomic mass is 32.1. The number of carbonyl (C=O) groups is 1. The SMILES string of the molecule is CC(=O)NC(Cc1cccc(CN)c1)c1nnc(-c2cccc(OC(F)(F)F)c2)s1. The third-order valence-electron chi connectivity index (χ3n) is 4.10. The topological polar surface area (TPSA) is 90.1 Å². The van der Waals surface area contributed by atoms with E-state index in [-0.39, 0.29) is 11.7 Å². The van der Waals surface area contributed by atoms with Gasteiger partial charge in [0.05, 0.1) is 6.04 Å². The van der Waals surface area contributed by atoms with Crippen molar-refractivity contribution in [2.24, 2.45) is 5.73 Å². The first kappa shape index (κ1) is 21.7. The Morgan fingerprint density at radius 2 is 1.90 bits per heavy atom. The smallest absolute Gasteiger partial charge is 0.406 e. The number of nitrogens with two attached hydrogens (primary N) is 1. The van der Waals surface area contributed by atoms with E-state index in [4.69, 9.17) is 5.73 Å². The van der Waals surface area contributed by atoms with Crippen molar-refractivity contribution >= 4 is 17.2 Å². The number of alkyl halides is 3. The van der Waals surface area contributed by atoms with Gasteiger partial charge in [0, 0.05) is 19.0 Å². The first-order valence-electron chi connectivity index (χ1n) is 8.98. The molecule has 1 heterocycles. The second-order valence-electron chi connectivity index (χ2n) is 6.50. The number of rotatable bonds is 7. The minimum Gasteiger partial charge on any atom is -0.406 e. The van der Waals surface area contributed by atoms with Crippen LogP contribution in [0.3, 0.4) is 0 Å². The summed E-state index contributed by atoms with van der Waals surface area (Å²) in [6.07, 6.45) is -4.31. The Kier molecular flexibility index (Phi) is 6.68. The van der Waals surface area contributed by atoms with E-state index in [1.807, 2.05) is 24.3 Å². The molecule has 0 fully saturated rings. The Morgan fingerprint density at radius 3 is 2.60 bits per heavy atom. The van der Waals surface area contributed by atoms with Crippen molar-refractivity contribution < 1.29 is 22.7 Å². The van der Waals surface area contributed by atoms with Crippen molar-refractivity contribution in [1.29, 1.82) is 0 Å². The van der Waals surface area contributed by atoms with Crippen molar-refractivity contribution in [3.05, 3.63) is 64.7 Å². The monoisotopic (exact) mass is 436 g/mol. The largest absolute Gasteiger partial charge is 0.573 e. The first-order chi connectivity index (χ1) is 14.2. The number of ether oxygens (including phenoxy) is 1. The van der Waals surface area contributed by atoms with Crippen molar-refractivity contribution in [2.75, 3.05) is 0 Å². The summed E-state index contributed by atoms with van der Waals surface area (Å²) in [6.45, 7) is 1.81. The van der Waals surface area contributed by atoms with Gasteiger partial charge in [-0.25, -0.2) is 0 Å². The lowest BCUT2D eigenvalue weighted by Crippen LogP contribution is -2.27. The van der Waals surface area contributed by atoms with Crippen molar-refractivity contribution in [2.45, 2.75) is 32.3 Å². The molecule has 1 aromatic heterocycles. The fourth-order valence-corrected chi connectivity index (χ4v) is 3.77. The van der Waals surface area contributed by atoms with Crippen molar-refractivity contribution in [3.63, 3.8) is 0 Å². The van der Waals surface area contributed by atoms with E-state index >= 15 is 0 Å². The van der Waals surface area contributed by atoms with Gasteiger partial charge in [0.2, 0.25) is 5.91 Å². The summed E-state index contributed by atoms with van der Waals surface area (Å²) in [4.78, 5) is 11.7. The van der Waals surface area contributed by atoms with E-state index in [1.165, 1.54) is 36.5 Å². The lowest BCUT2D eigenvalue weighted by Gasteiger charge is -2.15. The van der Waals surface area contributed by atoms with Crippen molar-refractivity contribution in [3.8, 4) is 16.3 Å². The first-order valence-corrected chi connectivity index (χ1v) is 9.79. The quantitative estimate of drug-likeness (QED) is 0.585. The van der Waals surface area contributed by atoms with Crippen LogP contribution in [0.25, 0.3) is 10.6 Å². The van der Waals surface area contributed by atoms with Crippen LogP contribution in [0.4, 0.5) is 13.2 Å². The summed E-state index contributed by atoms with van der Waals surface area (Å²) in [7, 11) is 0. The van der Waals surface area contributed by atoms with Crippen LogP contribution in [0.2, 0.25) is 0 Å². The van der Waals surface area contributed by atoms with Crippen LogP contribution in [-0.4, -0.2) is 22.5 Å². The van der Waals surface area contributed by atoms with Gasteiger partial charge in [-0.05, 0) is 29.7 Å². The van der Waals surface area contributed by atoms with E-state index in [0.29, 0.717) is 28.5 Å². The second-order valence-corrected chi connectivity index (χ2v) is 7.51. The van der Waals surface area contributed by atoms with Crippen LogP contribution in [-0.2, 0) is 17.8 Å². The molecule has 0 aliphatic rings. The Labute approximate surface area is 174 Å². The summed E-state index contributed by atoms with van der Waals surface area (Å²) in [5.74, 6) is -0.568. The zero-order valence-electron chi connectivity index (χ0n) is 15.9. The highest BCUT2D eigenvalue weighted by Crippen LogP contribution is 2.32. The molecule has 6 nitrogen and oxygen atoms in total. The van der Waals surface area contributed by atoms with Gasteiger partial charge in [0.25, 0.3) is 0 Å². The molecule has 0 bridgehead atoms. The number of hydrogen-bond donors (Lipinski definition) is 2.